The van der Waals surface area contributed by atoms with Crippen LogP contribution in [0.2, 0.25) is 0 Å². The van der Waals surface area contributed by atoms with E-state index in [-0.39, 0.29) is 11.7 Å². The van der Waals surface area contributed by atoms with Crippen LogP contribution in [0, 0.1) is 11.7 Å². The Morgan fingerprint density at radius 1 is 1.48 bits per heavy atom. The predicted molar refractivity (Wildman–Crippen MR) is 78.6 cm³/mol. The molecule has 0 spiro atoms. The molecule has 0 fully saturated rings. The first-order valence-corrected chi connectivity index (χ1v) is 7.24. The first-order valence-electron chi connectivity index (χ1n) is 6.45. The number of ether oxygens (including phenoxy) is 1. The molecule has 1 unspecified atom stereocenters. The lowest BCUT2D eigenvalue weighted by molar-refractivity contribution is -0.143. The molecule has 0 saturated heterocycles. The van der Waals surface area contributed by atoms with E-state index in [1.165, 1.54) is 12.1 Å². The third-order valence-corrected chi connectivity index (χ3v) is 3.54. The van der Waals surface area contributed by atoms with Gasteiger partial charge in [0.1, 0.15) is 6.04 Å². The molecule has 0 saturated carbocycles. The Labute approximate surface area is 130 Å². The molecule has 0 radical (unpaired) electrons. The normalized spacial score (nSPS) is 13.3. The average Bonchev–Trinajstić information content (AvgIpc) is 2.42. The first kappa shape index (κ1) is 17.4. The topological polar surface area (TPSA) is 75.6 Å². The van der Waals surface area contributed by atoms with Crippen LogP contribution >= 0.6 is 15.9 Å². The largest absolute Gasteiger partial charge is 0.481 e. The third kappa shape index (κ3) is 5.34. The van der Waals surface area contributed by atoms with Crippen molar-refractivity contribution in [2.24, 2.45) is 5.92 Å². The monoisotopic (exact) mass is 361 g/mol. The van der Waals surface area contributed by atoms with Crippen molar-refractivity contribution < 1.29 is 23.8 Å². The average molecular weight is 362 g/mol. The molecular formula is C14H17BrFNO4. The second kappa shape index (κ2) is 7.97. The van der Waals surface area contributed by atoms with Gasteiger partial charge in [0.05, 0.1) is 0 Å². The van der Waals surface area contributed by atoms with E-state index in [4.69, 9.17) is 9.84 Å². The van der Waals surface area contributed by atoms with Gasteiger partial charge < -0.3 is 15.2 Å². The second-order valence-corrected chi connectivity index (χ2v) is 5.55. The summed E-state index contributed by atoms with van der Waals surface area (Å²) in [4.78, 5) is 22.8. The molecule has 0 aliphatic carbocycles. The fourth-order valence-corrected chi connectivity index (χ4v) is 1.97. The molecule has 0 aliphatic rings. The maximum absolute atomic E-state index is 13.5. The number of carboxylic acids is 1. The van der Waals surface area contributed by atoms with Gasteiger partial charge in [-0.15, -0.1) is 0 Å². The van der Waals surface area contributed by atoms with Crippen molar-refractivity contribution in [1.82, 2.24) is 5.32 Å². The van der Waals surface area contributed by atoms with Crippen molar-refractivity contribution in [2.45, 2.75) is 26.3 Å². The number of carboxylic acid groups (broad SMARTS) is 1. The van der Waals surface area contributed by atoms with Crippen molar-refractivity contribution in [2.75, 3.05) is 6.61 Å². The highest BCUT2D eigenvalue weighted by molar-refractivity contribution is 9.10. The molecule has 1 aromatic carbocycles. The van der Waals surface area contributed by atoms with Gasteiger partial charge in [0.25, 0.3) is 5.91 Å². The summed E-state index contributed by atoms with van der Waals surface area (Å²) in [6.45, 7) is 3.12. The minimum atomic E-state index is -1.10. The van der Waals surface area contributed by atoms with Gasteiger partial charge in [-0.25, -0.2) is 9.18 Å². The first-order chi connectivity index (χ1) is 9.85. The van der Waals surface area contributed by atoms with Gasteiger partial charge in [-0.1, -0.05) is 36.2 Å². The summed E-state index contributed by atoms with van der Waals surface area (Å²) in [6, 6.07) is 3.19. The van der Waals surface area contributed by atoms with Crippen LogP contribution in [-0.2, 0) is 9.59 Å². The summed E-state index contributed by atoms with van der Waals surface area (Å²) in [5.41, 5.74) is 0. The molecule has 1 amide bonds. The van der Waals surface area contributed by atoms with Crippen molar-refractivity contribution >= 4 is 27.8 Å². The Kier molecular flexibility index (Phi) is 6.61. The molecule has 5 nitrogen and oxygen atoms in total. The molecular weight excluding hydrogens is 345 g/mol. The highest BCUT2D eigenvalue weighted by atomic mass is 79.9. The van der Waals surface area contributed by atoms with Crippen LogP contribution in [0.25, 0.3) is 0 Å². The van der Waals surface area contributed by atoms with Gasteiger partial charge in [-0.05, 0) is 24.1 Å². The maximum atomic E-state index is 13.5. The molecule has 2 atom stereocenters. The minimum absolute atomic E-state index is 0.0660. The minimum Gasteiger partial charge on any atom is -0.481 e. The van der Waals surface area contributed by atoms with Crippen molar-refractivity contribution in [3.63, 3.8) is 0 Å². The molecule has 0 aliphatic heterocycles. The standard InChI is InChI=1S/C14H17BrFNO4/c1-3-8(2)13(14(19)20)17-12(18)7-21-11-5-4-9(15)6-10(11)16/h4-6,8,13H,3,7H2,1-2H3,(H,17,18)(H,19,20)/t8?,13-/m0/s1. The van der Waals surface area contributed by atoms with Crippen LogP contribution in [0.5, 0.6) is 5.75 Å². The Bertz CT molecular complexity index is 524. The summed E-state index contributed by atoms with van der Waals surface area (Å²) in [7, 11) is 0. The summed E-state index contributed by atoms with van der Waals surface area (Å²) in [5, 5.41) is 11.4. The van der Waals surface area contributed by atoms with Gasteiger partial charge in [0, 0.05) is 4.47 Å². The van der Waals surface area contributed by atoms with E-state index < -0.39 is 30.3 Å². The molecule has 0 heterocycles. The molecule has 0 aromatic heterocycles. The lowest BCUT2D eigenvalue weighted by Gasteiger charge is -2.20. The van der Waals surface area contributed by atoms with E-state index in [1.54, 1.807) is 13.0 Å². The van der Waals surface area contributed by atoms with Crippen LogP contribution in [-0.4, -0.2) is 29.6 Å². The fraction of sp³-hybridized carbons (Fsp3) is 0.429. The van der Waals surface area contributed by atoms with E-state index in [1.807, 2.05) is 6.92 Å². The predicted octanol–water partition coefficient (Wildman–Crippen LogP) is 2.58. The highest BCUT2D eigenvalue weighted by Crippen LogP contribution is 2.21. The van der Waals surface area contributed by atoms with Crippen molar-refractivity contribution in [3.05, 3.63) is 28.5 Å². The van der Waals surface area contributed by atoms with E-state index in [2.05, 4.69) is 21.2 Å². The van der Waals surface area contributed by atoms with E-state index in [0.29, 0.717) is 10.9 Å². The lowest BCUT2D eigenvalue weighted by Crippen LogP contribution is -2.46. The van der Waals surface area contributed by atoms with E-state index >= 15 is 0 Å². The van der Waals surface area contributed by atoms with Crippen molar-refractivity contribution in [1.29, 1.82) is 0 Å². The molecule has 116 valence electrons. The van der Waals surface area contributed by atoms with Crippen molar-refractivity contribution in [3.8, 4) is 5.75 Å². The van der Waals surface area contributed by atoms with Gasteiger partial charge in [0.2, 0.25) is 0 Å². The summed E-state index contributed by atoms with van der Waals surface area (Å²) in [5.74, 6) is -2.59. The number of aliphatic carboxylic acids is 1. The Balaban J connectivity index is 2.58. The van der Waals surface area contributed by atoms with Crippen LogP contribution in [0.1, 0.15) is 20.3 Å². The van der Waals surface area contributed by atoms with Crippen LogP contribution < -0.4 is 10.1 Å². The Morgan fingerprint density at radius 3 is 2.67 bits per heavy atom. The zero-order valence-corrected chi connectivity index (χ0v) is 13.3. The number of nitrogens with one attached hydrogen (secondary N) is 1. The quantitative estimate of drug-likeness (QED) is 0.782. The fourth-order valence-electron chi connectivity index (χ4n) is 1.63. The summed E-state index contributed by atoms with van der Waals surface area (Å²) in [6.07, 6.45) is 0.611. The van der Waals surface area contributed by atoms with Crippen LogP contribution in [0.4, 0.5) is 4.39 Å². The highest BCUT2D eigenvalue weighted by Gasteiger charge is 2.25. The third-order valence-electron chi connectivity index (χ3n) is 3.05. The molecule has 0 bridgehead atoms. The number of benzene rings is 1. The summed E-state index contributed by atoms with van der Waals surface area (Å²) < 4.78 is 19.1. The van der Waals surface area contributed by atoms with Gasteiger partial charge in [-0.2, -0.15) is 0 Å². The number of rotatable bonds is 7. The Morgan fingerprint density at radius 2 is 2.14 bits per heavy atom. The molecule has 1 rings (SSSR count). The van der Waals surface area contributed by atoms with Crippen LogP contribution in [0.15, 0.2) is 22.7 Å². The number of hydrogen-bond donors (Lipinski definition) is 2. The number of halogens is 2. The SMILES string of the molecule is CCC(C)[C@H](NC(=O)COc1ccc(Br)cc1F)C(=O)O. The van der Waals surface area contributed by atoms with Gasteiger partial charge in [0.15, 0.2) is 18.2 Å². The second-order valence-electron chi connectivity index (χ2n) is 4.63. The molecule has 7 heteroatoms. The van der Waals surface area contributed by atoms with E-state index in [0.717, 1.165) is 0 Å². The zero-order valence-electron chi connectivity index (χ0n) is 11.7. The lowest BCUT2D eigenvalue weighted by atomic mass is 9.99. The molecule has 2 N–H and O–H groups in total. The molecule has 21 heavy (non-hydrogen) atoms. The van der Waals surface area contributed by atoms with E-state index in [9.17, 15) is 14.0 Å². The number of carbonyl (C=O) groups is 2. The Hall–Kier alpha value is -1.63. The van der Waals surface area contributed by atoms with Gasteiger partial charge >= 0.3 is 5.97 Å². The molecule has 1 aromatic rings. The van der Waals surface area contributed by atoms with Gasteiger partial charge in [-0.3, -0.25) is 4.79 Å². The maximum Gasteiger partial charge on any atom is 0.326 e. The number of carbonyl (C=O) groups excluding carboxylic acids is 1. The zero-order chi connectivity index (χ0) is 16.0. The smallest absolute Gasteiger partial charge is 0.326 e. The number of amides is 1. The summed E-state index contributed by atoms with van der Waals surface area (Å²) >= 11 is 3.11. The number of hydrogen-bond acceptors (Lipinski definition) is 3. The van der Waals surface area contributed by atoms with Crippen LogP contribution in [0.3, 0.4) is 0 Å².